The lowest BCUT2D eigenvalue weighted by Gasteiger charge is -2.16. The van der Waals surface area contributed by atoms with Gasteiger partial charge in [0.05, 0.1) is 0 Å². The molecule has 0 saturated heterocycles. The predicted molar refractivity (Wildman–Crippen MR) is 64.1 cm³/mol. The van der Waals surface area contributed by atoms with E-state index in [4.69, 9.17) is 10.8 Å². The minimum Gasteiger partial charge on any atom is -0.481 e. The third kappa shape index (κ3) is 4.03. The molecule has 1 rings (SSSR count). The molecular weight excluding hydrogens is 202 g/mol. The molecule has 0 spiro atoms. The van der Waals surface area contributed by atoms with Crippen molar-refractivity contribution in [1.29, 1.82) is 0 Å². The Balaban J connectivity index is 2.54. The van der Waals surface area contributed by atoms with Crippen LogP contribution in [0.15, 0.2) is 24.3 Å². The van der Waals surface area contributed by atoms with Gasteiger partial charge in [-0.1, -0.05) is 36.8 Å². The molecule has 0 radical (unpaired) electrons. The molecular formula is C13H19NO2. The highest BCUT2D eigenvalue weighted by atomic mass is 16.4. The van der Waals surface area contributed by atoms with Crippen molar-refractivity contribution in [3.63, 3.8) is 0 Å². The van der Waals surface area contributed by atoms with Gasteiger partial charge in [0.25, 0.3) is 0 Å². The fourth-order valence-corrected chi connectivity index (χ4v) is 1.76. The molecule has 88 valence electrons. The highest BCUT2D eigenvalue weighted by Gasteiger charge is 2.13. The van der Waals surface area contributed by atoms with Crippen molar-refractivity contribution in [1.82, 2.24) is 0 Å². The Bertz CT molecular complexity index is 345. The molecule has 0 fully saturated rings. The highest BCUT2D eigenvalue weighted by Crippen LogP contribution is 2.21. The van der Waals surface area contributed by atoms with Crippen LogP contribution < -0.4 is 5.73 Å². The minimum absolute atomic E-state index is 0.0741. The Hall–Kier alpha value is -1.35. The zero-order valence-electron chi connectivity index (χ0n) is 9.81. The van der Waals surface area contributed by atoms with E-state index in [0.717, 1.165) is 5.56 Å². The second-order valence-electron chi connectivity index (χ2n) is 4.46. The van der Waals surface area contributed by atoms with Crippen LogP contribution in [0.1, 0.15) is 36.9 Å². The van der Waals surface area contributed by atoms with Gasteiger partial charge in [-0.25, -0.2) is 0 Å². The smallest absolute Gasteiger partial charge is 0.303 e. The standard InChI is InChI=1S/C13H19NO2/c1-9-3-5-11(6-4-9)12(14)7-10(2)8-13(15)16/h3-6,10,12H,7-8,14H2,1-2H3,(H,15,16). The normalized spacial score (nSPS) is 14.4. The molecule has 16 heavy (non-hydrogen) atoms. The topological polar surface area (TPSA) is 63.3 Å². The van der Waals surface area contributed by atoms with Crippen LogP contribution in [0.3, 0.4) is 0 Å². The number of carbonyl (C=O) groups is 1. The monoisotopic (exact) mass is 221 g/mol. The number of hydrogen-bond acceptors (Lipinski definition) is 2. The lowest BCUT2D eigenvalue weighted by atomic mass is 9.94. The maximum Gasteiger partial charge on any atom is 0.303 e. The zero-order valence-corrected chi connectivity index (χ0v) is 9.81. The number of carboxylic acids is 1. The van der Waals surface area contributed by atoms with E-state index >= 15 is 0 Å². The Morgan fingerprint density at radius 3 is 2.44 bits per heavy atom. The Kier molecular flexibility index (Phi) is 4.50. The fourth-order valence-electron chi connectivity index (χ4n) is 1.76. The third-order valence-corrected chi connectivity index (χ3v) is 2.68. The number of nitrogens with two attached hydrogens (primary N) is 1. The van der Waals surface area contributed by atoms with Gasteiger partial charge in [0.15, 0.2) is 0 Å². The van der Waals surface area contributed by atoms with Crippen LogP contribution >= 0.6 is 0 Å². The summed E-state index contributed by atoms with van der Waals surface area (Å²) in [6.45, 7) is 3.95. The van der Waals surface area contributed by atoms with Crippen molar-refractivity contribution in [2.45, 2.75) is 32.7 Å². The Morgan fingerprint density at radius 2 is 1.94 bits per heavy atom. The van der Waals surface area contributed by atoms with E-state index in [1.165, 1.54) is 5.56 Å². The molecule has 3 heteroatoms. The summed E-state index contributed by atoms with van der Waals surface area (Å²) in [6.07, 6.45) is 0.884. The van der Waals surface area contributed by atoms with Crippen molar-refractivity contribution >= 4 is 5.97 Å². The molecule has 0 amide bonds. The fraction of sp³-hybridized carbons (Fsp3) is 0.462. The van der Waals surface area contributed by atoms with Gasteiger partial charge in [-0.2, -0.15) is 0 Å². The first-order valence-electron chi connectivity index (χ1n) is 5.53. The van der Waals surface area contributed by atoms with Crippen LogP contribution in [0.2, 0.25) is 0 Å². The molecule has 0 aliphatic carbocycles. The zero-order chi connectivity index (χ0) is 12.1. The van der Waals surface area contributed by atoms with Crippen molar-refractivity contribution in [3.05, 3.63) is 35.4 Å². The summed E-state index contributed by atoms with van der Waals surface area (Å²) in [5.41, 5.74) is 8.30. The first-order chi connectivity index (χ1) is 7.49. The quantitative estimate of drug-likeness (QED) is 0.803. The van der Waals surface area contributed by atoms with Gasteiger partial charge in [-0.05, 0) is 24.8 Å². The molecule has 3 N–H and O–H groups in total. The number of carboxylic acid groups (broad SMARTS) is 1. The molecule has 0 bridgehead atoms. The maximum atomic E-state index is 10.5. The summed E-state index contributed by atoms with van der Waals surface area (Å²) in [5, 5.41) is 8.66. The molecule has 0 aromatic heterocycles. The lowest BCUT2D eigenvalue weighted by molar-refractivity contribution is -0.138. The van der Waals surface area contributed by atoms with Crippen LogP contribution in [-0.2, 0) is 4.79 Å². The first kappa shape index (κ1) is 12.7. The van der Waals surface area contributed by atoms with Crippen molar-refractivity contribution in [2.24, 2.45) is 11.7 Å². The van der Waals surface area contributed by atoms with Gasteiger partial charge in [0.1, 0.15) is 0 Å². The molecule has 2 unspecified atom stereocenters. The third-order valence-electron chi connectivity index (χ3n) is 2.68. The molecule has 2 atom stereocenters. The summed E-state index contributed by atoms with van der Waals surface area (Å²) in [6, 6.07) is 7.99. The lowest BCUT2D eigenvalue weighted by Crippen LogP contribution is -2.16. The first-order valence-corrected chi connectivity index (χ1v) is 5.53. The number of benzene rings is 1. The van der Waals surface area contributed by atoms with E-state index in [2.05, 4.69) is 0 Å². The van der Waals surface area contributed by atoms with Crippen LogP contribution in [-0.4, -0.2) is 11.1 Å². The van der Waals surface area contributed by atoms with E-state index < -0.39 is 5.97 Å². The largest absolute Gasteiger partial charge is 0.481 e. The summed E-state index contributed by atoms with van der Waals surface area (Å²) in [4.78, 5) is 10.5. The molecule has 1 aromatic carbocycles. The van der Waals surface area contributed by atoms with Gasteiger partial charge < -0.3 is 10.8 Å². The number of aryl methyl sites for hydroxylation is 1. The highest BCUT2D eigenvalue weighted by molar-refractivity contribution is 5.66. The summed E-state index contributed by atoms with van der Waals surface area (Å²) >= 11 is 0. The molecule has 1 aromatic rings. The van der Waals surface area contributed by atoms with Gasteiger partial charge in [-0.15, -0.1) is 0 Å². The molecule has 0 aliphatic rings. The second-order valence-corrected chi connectivity index (χ2v) is 4.46. The van der Waals surface area contributed by atoms with Crippen LogP contribution in [0, 0.1) is 12.8 Å². The van der Waals surface area contributed by atoms with Gasteiger partial charge in [-0.3, -0.25) is 4.79 Å². The minimum atomic E-state index is -0.761. The van der Waals surface area contributed by atoms with Crippen LogP contribution in [0.5, 0.6) is 0 Å². The molecule has 0 heterocycles. The van der Waals surface area contributed by atoms with Gasteiger partial charge in [0.2, 0.25) is 0 Å². The van der Waals surface area contributed by atoms with E-state index in [1.54, 1.807) is 0 Å². The second kappa shape index (κ2) is 5.66. The van der Waals surface area contributed by atoms with E-state index in [1.807, 2.05) is 38.1 Å². The van der Waals surface area contributed by atoms with Crippen molar-refractivity contribution in [3.8, 4) is 0 Å². The van der Waals surface area contributed by atoms with Gasteiger partial charge >= 0.3 is 5.97 Å². The van der Waals surface area contributed by atoms with Crippen molar-refractivity contribution < 1.29 is 9.90 Å². The van der Waals surface area contributed by atoms with E-state index in [0.29, 0.717) is 6.42 Å². The average Bonchev–Trinajstić information content (AvgIpc) is 2.16. The SMILES string of the molecule is Cc1ccc(C(N)CC(C)CC(=O)O)cc1. The number of rotatable bonds is 5. The van der Waals surface area contributed by atoms with Crippen LogP contribution in [0.4, 0.5) is 0 Å². The van der Waals surface area contributed by atoms with Crippen molar-refractivity contribution in [2.75, 3.05) is 0 Å². The average molecular weight is 221 g/mol. The van der Waals surface area contributed by atoms with Gasteiger partial charge in [0, 0.05) is 12.5 Å². The number of hydrogen-bond donors (Lipinski definition) is 2. The van der Waals surface area contributed by atoms with E-state index in [-0.39, 0.29) is 18.4 Å². The maximum absolute atomic E-state index is 10.5. The summed E-state index contributed by atoms with van der Waals surface area (Å²) < 4.78 is 0. The molecule has 3 nitrogen and oxygen atoms in total. The molecule has 0 saturated carbocycles. The van der Waals surface area contributed by atoms with E-state index in [9.17, 15) is 4.79 Å². The van der Waals surface area contributed by atoms with Crippen LogP contribution in [0.25, 0.3) is 0 Å². The Morgan fingerprint density at radius 1 is 1.38 bits per heavy atom. The summed E-state index contributed by atoms with van der Waals surface area (Å²) in [5.74, 6) is -0.655. The summed E-state index contributed by atoms with van der Waals surface area (Å²) in [7, 11) is 0. The Labute approximate surface area is 96.3 Å². The predicted octanol–water partition coefficient (Wildman–Crippen LogP) is 2.50. The molecule has 0 aliphatic heterocycles. The number of aliphatic carboxylic acids is 1.